The largest absolute Gasteiger partial charge is 0.382 e. The smallest absolute Gasteiger partial charge is 0.0946 e. The minimum Gasteiger partial charge on any atom is -0.382 e. The highest BCUT2D eigenvalue weighted by molar-refractivity contribution is 6.33. The maximum absolute atomic E-state index is 5.94. The van der Waals surface area contributed by atoms with Gasteiger partial charge < -0.3 is 9.88 Å². The van der Waals surface area contributed by atoms with Gasteiger partial charge in [-0.25, -0.2) is 4.98 Å². The van der Waals surface area contributed by atoms with Crippen molar-refractivity contribution < 1.29 is 0 Å². The fraction of sp³-hybridized carbons (Fsp3) is 0.200. The van der Waals surface area contributed by atoms with E-state index < -0.39 is 0 Å². The van der Waals surface area contributed by atoms with E-state index in [2.05, 4.69) is 15.3 Å². The number of anilines is 1. The highest BCUT2D eigenvalue weighted by Crippen LogP contribution is 2.18. The van der Waals surface area contributed by atoms with Crippen molar-refractivity contribution in [3.8, 4) is 0 Å². The van der Waals surface area contributed by atoms with Gasteiger partial charge in [-0.15, -0.1) is 0 Å². The Hall–Kier alpha value is -1.55. The summed E-state index contributed by atoms with van der Waals surface area (Å²) in [5, 5.41) is 3.87. The van der Waals surface area contributed by atoms with Gasteiger partial charge in [0.15, 0.2) is 0 Å². The number of hydrogen-bond acceptors (Lipinski definition) is 3. The van der Waals surface area contributed by atoms with Crippen LogP contribution in [0.3, 0.4) is 0 Å². The molecule has 0 saturated heterocycles. The Kier molecular flexibility index (Phi) is 3.19. The van der Waals surface area contributed by atoms with Crippen LogP contribution in [0.2, 0.25) is 5.02 Å². The zero-order valence-corrected chi connectivity index (χ0v) is 8.85. The highest BCUT2D eigenvalue weighted by atomic mass is 35.5. The summed E-state index contributed by atoms with van der Waals surface area (Å²) in [7, 11) is 0. The van der Waals surface area contributed by atoms with E-state index in [-0.39, 0.29) is 0 Å². The predicted octanol–water partition coefficient (Wildman–Crippen LogP) is 2.04. The van der Waals surface area contributed by atoms with Gasteiger partial charge in [0.25, 0.3) is 0 Å². The molecule has 2 aromatic rings. The van der Waals surface area contributed by atoms with Gasteiger partial charge in [0.2, 0.25) is 0 Å². The first kappa shape index (κ1) is 9.98. The average Bonchev–Trinajstić information content (AvgIpc) is 2.74. The summed E-state index contributed by atoms with van der Waals surface area (Å²) in [4.78, 5) is 7.88. The number of imidazole rings is 1. The molecule has 0 aliphatic carbocycles. The van der Waals surface area contributed by atoms with Crippen LogP contribution in [-0.4, -0.2) is 21.1 Å². The van der Waals surface area contributed by atoms with Crippen LogP contribution in [0.4, 0.5) is 5.69 Å². The summed E-state index contributed by atoms with van der Waals surface area (Å²) in [6.07, 6.45) is 8.82. The Morgan fingerprint density at radius 1 is 1.33 bits per heavy atom. The molecule has 0 spiro atoms. The molecule has 15 heavy (non-hydrogen) atoms. The van der Waals surface area contributed by atoms with Crippen molar-refractivity contribution in [1.82, 2.24) is 14.5 Å². The Labute approximate surface area is 92.9 Å². The van der Waals surface area contributed by atoms with Crippen LogP contribution in [0.5, 0.6) is 0 Å². The van der Waals surface area contributed by atoms with E-state index in [0.29, 0.717) is 5.02 Å². The summed E-state index contributed by atoms with van der Waals surface area (Å²) in [6, 6.07) is 1.86. The third-order valence-corrected chi connectivity index (χ3v) is 2.32. The minimum atomic E-state index is 0.642. The molecule has 0 aromatic carbocycles. The minimum absolute atomic E-state index is 0.642. The molecule has 0 saturated carbocycles. The van der Waals surface area contributed by atoms with Gasteiger partial charge in [0.1, 0.15) is 0 Å². The van der Waals surface area contributed by atoms with Crippen LogP contribution in [-0.2, 0) is 6.54 Å². The number of hydrogen-bond donors (Lipinski definition) is 1. The van der Waals surface area contributed by atoms with Gasteiger partial charge in [0, 0.05) is 37.9 Å². The van der Waals surface area contributed by atoms with Crippen molar-refractivity contribution in [3.63, 3.8) is 0 Å². The molecule has 0 fully saturated rings. The molecule has 78 valence electrons. The fourth-order valence-electron chi connectivity index (χ4n) is 1.26. The predicted molar refractivity (Wildman–Crippen MR) is 60.0 cm³/mol. The summed E-state index contributed by atoms with van der Waals surface area (Å²) >= 11 is 5.94. The van der Waals surface area contributed by atoms with E-state index in [4.69, 9.17) is 11.6 Å². The highest BCUT2D eigenvalue weighted by Gasteiger charge is 1.97. The standard InChI is InChI=1S/C10H11ClN4/c11-9-7-12-2-1-10(9)14-4-6-15-5-3-13-8-15/h1-3,5,7-8H,4,6H2,(H,12,14). The number of pyridine rings is 1. The first-order chi connectivity index (χ1) is 7.36. The summed E-state index contributed by atoms with van der Waals surface area (Å²) < 4.78 is 2.00. The second kappa shape index (κ2) is 4.79. The van der Waals surface area contributed by atoms with Crippen LogP contribution >= 0.6 is 11.6 Å². The molecular formula is C10H11ClN4. The Morgan fingerprint density at radius 2 is 2.27 bits per heavy atom. The van der Waals surface area contributed by atoms with Gasteiger partial charge >= 0.3 is 0 Å². The topological polar surface area (TPSA) is 42.7 Å². The Bertz CT molecular complexity index is 413. The molecule has 0 bridgehead atoms. The maximum Gasteiger partial charge on any atom is 0.0946 e. The second-order valence-electron chi connectivity index (χ2n) is 3.08. The van der Waals surface area contributed by atoms with E-state index in [1.54, 1.807) is 24.9 Å². The van der Waals surface area contributed by atoms with Crippen LogP contribution in [0.1, 0.15) is 0 Å². The number of rotatable bonds is 4. The molecule has 0 aliphatic heterocycles. The molecule has 1 N–H and O–H groups in total. The summed E-state index contributed by atoms with van der Waals surface area (Å²) in [5.74, 6) is 0. The van der Waals surface area contributed by atoms with Crippen LogP contribution in [0, 0.1) is 0 Å². The van der Waals surface area contributed by atoms with Crippen LogP contribution in [0.25, 0.3) is 0 Å². The monoisotopic (exact) mass is 222 g/mol. The van der Waals surface area contributed by atoms with E-state index in [1.165, 1.54) is 0 Å². The zero-order valence-electron chi connectivity index (χ0n) is 8.10. The van der Waals surface area contributed by atoms with Crippen molar-refractivity contribution in [2.75, 3.05) is 11.9 Å². The molecule has 0 radical (unpaired) electrons. The Balaban J connectivity index is 1.86. The van der Waals surface area contributed by atoms with Crippen molar-refractivity contribution >= 4 is 17.3 Å². The third-order valence-electron chi connectivity index (χ3n) is 2.02. The van der Waals surface area contributed by atoms with Gasteiger partial charge in [-0.1, -0.05) is 11.6 Å². The number of halogens is 1. The molecule has 0 unspecified atom stereocenters. The average molecular weight is 223 g/mol. The van der Waals surface area contributed by atoms with E-state index in [0.717, 1.165) is 18.8 Å². The number of nitrogens with zero attached hydrogens (tertiary/aromatic N) is 3. The molecule has 0 aliphatic rings. The lowest BCUT2D eigenvalue weighted by atomic mass is 10.4. The molecule has 2 heterocycles. The molecule has 4 nitrogen and oxygen atoms in total. The number of nitrogens with one attached hydrogen (secondary N) is 1. The molecule has 5 heteroatoms. The van der Waals surface area contributed by atoms with Crippen LogP contribution in [0.15, 0.2) is 37.2 Å². The molecular weight excluding hydrogens is 212 g/mol. The molecule has 2 aromatic heterocycles. The SMILES string of the molecule is Clc1cnccc1NCCn1ccnc1. The van der Waals surface area contributed by atoms with E-state index in [9.17, 15) is 0 Å². The van der Waals surface area contributed by atoms with E-state index >= 15 is 0 Å². The summed E-state index contributed by atoms with van der Waals surface area (Å²) in [6.45, 7) is 1.67. The van der Waals surface area contributed by atoms with Crippen molar-refractivity contribution in [1.29, 1.82) is 0 Å². The molecule has 0 atom stereocenters. The molecule has 2 rings (SSSR count). The number of aromatic nitrogens is 3. The van der Waals surface area contributed by atoms with Gasteiger partial charge in [0.05, 0.1) is 17.0 Å². The lowest BCUT2D eigenvalue weighted by Gasteiger charge is -2.07. The third kappa shape index (κ3) is 2.70. The molecule has 0 amide bonds. The first-order valence-electron chi connectivity index (χ1n) is 4.65. The first-order valence-corrected chi connectivity index (χ1v) is 5.03. The van der Waals surface area contributed by atoms with Gasteiger partial charge in [-0.2, -0.15) is 0 Å². The Morgan fingerprint density at radius 3 is 3.00 bits per heavy atom. The maximum atomic E-state index is 5.94. The second-order valence-corrected chi connectivity index (χ2v) is 3.49. The van der Waals surface area contributed by atoms with Crippen LogP contribution < -0.4 is 5.32 Å². The zero-order chi connectivity index (χ0) is 10.5. The van der Waals surface area contributed by atoms with Crippen molar-refractivity contribution in [2.24, 2.45) is 0 Å². The van der Waals surface area contributed by atoms with Crippen molar-refractivity contribution in [3.05, 3.63) is 42.2 Å². The van der Waals surface area contributed by atoms with Gasteiger partial charge in [-0.05, 0) is 6.07 Å². The fourth-order valence-corrected chi connectivity index (χ4v) is 1.44. The summed E-state index contributed by atoms with van der Waals surface area (Å²) in [5.41, 5.74) is 0.909. The van der Waals surface area contributed by atoms with E-state index in [1.807, 2.05) is 16.8 Å². The normalized spacial score (nSPS) is 10.2. The lowest BCUT2D eigenvalue weighted by Crippen LogP contribution is -2.09. The van der Waals surface area contributed by atoms with Crippen molar-refractivity contribution in [2.45, 2.75) is 6.54 Å². The van der Waals surface area contributed by atoms with Gasteiger partial charge in [-0.3, -0.25) is 4.98 Å². The lowest BCUT2D eigenvalue weighted by molar-refractivity contribution is 0.727. The quantitative estimate of drug-likeness (QED) is 0.861.